The summed E-state index contributed by atoms with van der Waals surface area (Å²) in [6.45, 7) is 2.80. The van der Waals surface area contributed by atoms with Gasteiger partial charge in [0.05, 0.1) is 18.5 Å². The maximum atomic E-state index is 13.0. The van der Waals surface area contributed by atoms with Crippen molar-refractivity contribution in [1.29, 1.82) is 0 Å². The Bertz CT molecular complexity index is 894. The molecule has 0 spiro atoms. The van der Waals surface area contributed by atoms with Crippen LogP contribution in [0.3, 0.4) is 0 Å². The van der Waals surface area contributed by atoms with E-state index in [0.717, 1.165) is 40.9 Å². The molecule has 2 aromatic rings. The number of anilines is 2. The number of nitrogens with one attached hydrogen (secondary N) is 1. The normalized spacial score (nSPS) is 16.8. The van der Waals surface area contributed by atoms with Crippen LogP contribution in [-0.4, -0.2) is 55.8 Å². The largest absolute Gasteiger partial charge is 0.495 e. The monoisotopic (exact) mass is 397 g/mol. The lowest BCUT2D eigenvalue weighted by atomic mass is 10.1. The summed E-state index contributed by atoms with van der Waals surface area (Å²) in [7, 11) is 1.67. The Hall–Kier alpha value is -2.67. The minimum atomic E-state index is 0.00118. The quantitative estimate of drug-likeness (QED) is 0.862. The fourth-order valence-corrected chi connectivity index (χ4v) is 4.51. The standard InChI is InChI=1S/C21H23N3O3S/c1-27-18-5-3-2-4-17(18)23-9-11-24(12-10-23)21(26)15-6-7-19-16(14-15)22-20(25)8-13-28-19/h2-7,14H,8-13H2,1H3,(H,22,25). The molecule has 1 saturated heterocycles. The number of rotatable bonds is 3. The molecule has 0 aliphatic carbocycles. The molecule has 6 nitrogen and oxygen atoms in total. The van der Waals surface area contributed by atoms with Crippen LogP contribution in [0.1, 0.15) is 16.8 Å². The van der Waals surface area contributed by atoms with E-state index in [9.17, 15) is 9.59 Å². The Morgan fingerprint density at radius 3 is 2.68 bits per heavy atom. The second kappa shape index (κ2) is 8.14. The first kappa shape index (κ1) is 18.7. The summed E-state index contributed by atoms with van der Waals surface area (Å²) in [5.41, 5.74) is 2.42. The van der Waals surface area contributed by atoms with Crippen LogP contribution in [0, 0.1) is 0 Å². The Balaban J connectivity index is 1.45. The van der Waals surface area contributed by atoms with E-state index in [-0.39, 0.29) is 11.8 Å². The van der Waals surface area contributed by atoms with E-state index in [0.29, 0.717) is 25.1 Å². The molecule has 4 rings (SSSR count). The van der Waals surface area contributed by atoms with Crippen molar-refractivity contribution in [2.24, 2.45) is 0 Å². The van der Waals surface area contributed by atoms with Crippen LogP contribution in [0.5, 0.6) is 5.75 Å². The molecule has 2 heterocycles. The molecule has 2 aliphatic rings. The third kappa shape index (κ3) is 3.80. The lowest BCUT2D eigenvalue weighted by molar-refractivity contribution is -0.115. The number of ether oxygens (including phenoxy) is 1. The number of carbonyl (C=O) groups excluding carboxylic acids is 2. The fourth-order valence-electron chi connectivity index (χ4n) is 3.58. The van der Waals surface area contributed by atoms with Crippen molar-refractivity contribution >= 4 is 35.0 Å². The number of hydrogen-bond donors (Lipinski definition) is 1. The lowest BCUT2D eigenvalue weighted by Gasteiger charge is -2.36. The zero-order valence-electron chi connectivity index (χ0n) is 15.8. The van der Waals surface area contributed by atoms with Gasteiger partial charge in [-0.1, -0.05) is 12.1 Å². The first-order chi connectivity index (χ1) is 13.7. The first-order valence-electron chi connectivity index (χ1n) is 9.39. The molecule has 2 aromatic carbocycles. The molecule has 146 valence electrons. The van der Waals surface area contributed by atoms with Gasteiger partial charge in [-0.15, -0.1) is 11.8 Å². The number of benzene rings is 2. The predicted molar refractivity (Wildman–Crippen MR) is 112 cm³/mol. The van der Waals surface area contributed by atoms with Crippen LogP contribution in [0.2, 0.25) is 0 Å². The molecule has 0 saturated carbocycles. The highest BCUT2D eigenvalue weighted by atomic mass is 32.2. The van der Waals surface area contributed by atoms with Gasteiger partial charge >= 0.3 is 0 Å². The van der Waals surface area contributed by atoms with Gasteiger partial charge < -0.3 is 19.9 Å². The molecule has 7 heteroatoms. The average molecular weight is 398 g/mol. The van der Waals surface area contributed by atoms with Crippen LogP contribution in [0.25, 0.3) is 0 Å². The molecule has 0 radical (unpaired) electrons. The SMILES string of the molecule is COc1ccccc1N1CCN(C(=O)c2ccc3c(c2)NC(=O)CCS3)CC1. The minimum absolute atomic E-state index is 0.00118. The highest BCUT2D eigenvalue weighted by Gasteiger charge is 2.24. The van der Waals surface area contributed by atoms with E-state index in [1.165, 1.54) is 0 Å². The Morgan fingerprint density at radius 2 is 1.89 bits per heavy atom. The van der Waals surface area contributed by atoms with Crippen molar-refractivity contribution in [3.05, 3.63) is 48.0 Å². The van der Waals surface area contributed by atoms with Crippen molar-refractivity contribution in [3.63, 3.8) is 0 Å². The van der Waals surface area contributed by atoms with Crippen LogP contribution in [0.4, 0.5) is 11.4 Å². The summed E-state index contributed by atoms with van der Waals surface area (Å²) in [6.07, 6.45) is 0.494. The molecule has 2 amide bonds. The van der Waals surface area contributed by atoms with Gasteiger partial charge in [0.1, 0.15) is 5.75 Å². The number of amides is 2. The third-order valence-corrected chi connectivity index (χ3v) is 6.16. The Kier molecular flexibility index (Phi) is 5.43. The predicted octanol–water partition coefficient (Wildman–Crippen LogP) is 3.09. The van der Waals surface area contributed by atoms with E-state index in [2.05, 4.69) is 10.2 Å². The van der Waals surface area contributed by atoms with Crippen LogP contribution in [-0.2, 0) is 4.79 Å². The van der Waals surface area contributed by atoms with Gasteiger partial charge in [-0.25, -0.2) is 0 Å². The average Bonchev–Trinajstić information content (AvgIpc) is 2.93. The number of para-hydroxylation sites is 2. The number of fused-ring (bicyclic) bond motifs is 1. The highest BCUT2D eigenvalue weighted by Crippen LogP contribution is 2.32. The molecule has 1 fully saturated rings. The summed E-state index contributed by atoms with van der Waals surface area (Å²) in [6, 6.07) is 13.6. The van der Waals surface area contributed by atoms with Gasteiger partial charge in [-0.2, -0.15) is 0 Å². The molecule has 2 aliphatic heterocycles. The Morgan fingerprint density at radius 1 is 1.11 bits per heavy atom. The second-order valence-corrected chi connectivity index (χ2v) is 7.95. The van der Waals surface area contributed by atoms with Crippen molar-refractivity contribution in [2.75, 3.05) is 49.3 Å². The number of methoxy groups -OCH3 is 1. The molecule has 0 bridgehead atoms. The van der Waals surface area contributed by atoms with Gasteiger partial charge in [0.2, 0.25) is 5.91 Å². The third-order valence-electron chi connectivity index (χ3n) is 5.08. The molecule has 0 aromatic heterocycles. The minimum Gasteiger partial charge on any atom is -0.495 e. The molecule has 1 N–H and O–H groups in total. The maximum Gasteiger partial charge on any atom is 0.254 e. The Labute approximate surface area is 168 Å². The molecular weight excluding hydrogens is 374 g/mol. The number of thioether (sulfide) groups is 1. The van der Waals surface area contributed by atoms with E-state index in [4.69, 9.17) is 4.74 Å². The van der Waals surface area contributed by atoms with Gasteiger partial charge in [0.15, 0.2) is 0 Å². The summed E-state index contributed by atoms with van der Waals surface area (Å²) >= 11 is 1.64. The summed E-state index contributed by atoms with van der Waals surface area (Å²) < 4.78 is 5.46. The summed E-state index contributed by atoms with van der Waals surface area (Å²) in [4.78, 5) is 29.9. The fraction of sp³-hybridized carbons (Fsp3) is 0.333. The van der Waals surface area contributed by atoms with Crippen LogP contribution < -0.4 is 15.0 Å². The summed E-state index contributed by atoms with van der Waals surface area (Å²) in [5, 5.41) is 2.91. The van der Waals surface area contributed by atoms with Crippen molar-refractivity contribution in [2.45, 2.75) is 11.3 Å². The van der Waals surface area contributed by atoms with E-state index in [1.54, 1.807) is 24.9 Å². The smallest absolute Gasteiger partial charge is 0.254 e. The van der Waals surface area contributed by atoms with Gasteiger partial charge in [0, 0.05) is 48.8 Å². The zero-order valence-corrected chi connectivity index (χ0v) is 16.6. The summed E-state index contributed by atoms with van der Waals surface area (Å²) in [5.74, 6) is 1.62. The van der Waals surface area contributed by atoms with Gasteiger partial charge in [-0.05, 0) is 30.3 Å². The van der Waals surface area contributed by atoms with E-state index < -0.39 is 0 Å². The highest BCUT2D eigenvalue weighted by molar-refractivity contribution is 7.99. The second-order valence-electron chi connectivity index (χ2n) is 6.81. The maximum absolute atomic E-state index is 13.0. The van der Waals surface area contributed by atoms with Crippen molar-refractivity contribution in [1.82, 2.24) is 4.90 Å². The van der Waals surface area contributed by atoms with Gasteiger partial charge in [0.25, 0.3) is 5.91 Å². The van der Waals surface area contributed by atoms with E-state index in [1.807, 2.05) is 41.3 Å². The van der Waals surface area contributed by atoms with Crippen LogP contribution >= 0.6 is 11.8 Å². The number of hydrogen-bond acceptors (Lipinski definition) is 5. The molecule has 28 heavy (non-hydrogen) atoms. The molecule has 0 atom stereocenters. The number of piperazine rings is 1. The van der Waals surface area contributed by atoms with Crippen LogP contribution in [0.15, 0.2) is 47.4 Å². The topological polar surface area (TPSA) is 61.9 Å². The van der Waals surface area contributed by atoms with E-state index >= 15 is 0 Å². The first-order valence-corrected chi connectivity index (χ1v) is 10.4. The molecule has 0 unspecified atom stereocenters. The zero-order chi connectivity index (χ0) is 19.5. The molecular formula is C21H23N3O3S. The number of carbonyl (C=O) groups is 2. The number of nitrogens with zero attached hydrogens (tertiary/aromatic N) is 2. The lowest BCUT2D eigenvalue weighted by Crippen LogP contribution is -2.48. The van der Waals surface area contributed by atoms with Crippen molar-refractivity contribution in [3.8, 4) is 5.75 Å². The van der Waals surface area contributed by atoms with Gasteiger partial charge in [-0.3, -0.25) is 9.59 Å². The van der Waals surface area contributed by atoms with Crippen molar-refractivity contribution < 1.29 is 14.3 Å².